The zero-order chi connectivity index (χ0) is 47.1. The van der Waals surface area contributed by atoms with Gasteiger partial charge in [-0.25, -0.2) is 4.57 Å². The molecule has 1 unspecified atom stereocenters. The third-order valence-electron chi connectivity index (χ3n) is 11.0. The van der Waals surface area contributed by atoms with E-state index >= 15 is 0 Å². The summed E-state index contributed by atoms with van der Waals surface area (Å²) in [7, 11) is 1.42. The minimum atomic E-state index is -4.40. The minimum absolute atomic E-state index is 0.0150. The first kappa shape index (κ1) is 61.7. The van der Waals surface area contributed by atoms with Crippen LogP contribution in [0.15, 0.2) is 60.8 Å². The number of carbonyl (C=O) groups excluding carboxylic acids is 2. The number of phosphoric acid groups is 1. The van der Waals surface area contributed by atoms with Crippen LogP contribution < -0.4 is 0 Å². The first-order chi connectivity index (χ1) is 31.0. The lowest BCUT2D eigenvalue weighted by molar-refractivity contribution is -0.870. The van der Waals surface area contributed by atoms with Crippen LogP contribution >= 0.6 is 7.82 Å². The Balaban J connectivity index is 4.35. The molecule has 0 radical (unpaired) electrons. The van der Waals surface area contributed by atoms with E-state index in [2.05, 4.69) is 74.6 Å². The molecule has 0 saturated carbocycles. The number of rotatable bonds is 47. The lowest BCUT2D eigenvalue weighted by Crippen LogP contribution is -2.37. The van der Waals surface area contributed by atoms with Crippen molar-refractivity contribution in [3.63, 3.8) is 0 Å². The summed E-state index contributed by atoms with van der Waals surface area (Å²) in [5.74, 6) is -0.908. The predicted molar refractivity (Wildman–Crippen MR) is 270 cm³/mol. The number of unbranched alkanes of at least 4 members (excludes halogenated alkanes) is 23. The van der Waals surface area contributed by atoms with Gasteiger partial charge in [-0.15, -0.1) is 0 Å². The van der Waals surface area contributed by atoms with E-state index in [1.165, 1.54) is 128 Å². The fourth-order valence-corrected chi connectivity index (χ4v) is 7.67. The maximum Gasteiger partial charge on any atom is 0.472 e. The molecule has 1 N–H and O–H groups in total. The summed E-state index contributed by atoms with van der Waals surface area (Å²) in [5, 5.41) is 0. The fourth-order valence-electron chi connectivity index (χ4n) is 6.93. The first-order valence-corrected chi connectivity index (χ1v) is 27.5. The van der Waals surface area contributed by atoms with Crippen LogP contribution in [0.4, 0.5) is 0 Å². The molecular weight excluding hydrogens is 822 g/mol. The van der Waals surface area contributed by atoms with Crippen LogP contribution in [0.2, 0.25) is 0 Å². The second kappa shape index (κ2) is 45.8. The predicted octanol–water partition coefficient (Wildman–Crippen LogP) is 15.6. The topological polar surface area (TPSA) is 108 Å². The molecule has 10 heteroatoms. The van der Waals surface area contributed by atoms with E-state index in [9.17, 15) is 19.0 Å². The van der Waals surface area contributed by atoms with Gasteiger partial charge in [0, 0.05) is 12.8 Å². The average molecular weight is 921 g/mol. The Bertz CT molecular complexity index is 1270. The molecule has 0 aromatic carbocycles. The highest BCUT2D eigenvalue weighted by Gasteiger charge is 2.27. The van der Waals surface area contributed by atoms with Gasteiger partial charge in [0.15, 0.2) is 6.10 Å². The van der Waals surface area contributed by atoms with Crippen molar-refractivity contribution in [1.82, 2.24) is 0 Å². The lowest BCUT2D eigenvalue weighted by atomic mass is 10.0. The monoisotopic (exact) mass is 921 g/mol. The van der Waals surface area contributed by atoms with Gasteiger partial charge in [-0.3, -0.25) is 18.6 Å². The molecule has 0 saturated heterocycles. The third-order valence-corrected chi connectivity index (χ3v) is 12.0. The zero-order valence-corrected chi connectivity index (χ0v) is 42.9. The molecule has 0 heterocycles. The van der Waals surface area contributed by atoms with E-state index in [4.69, 9.17) is 18.5 Å². The summed E-state index contributed by atoms with van der Waals surface area (Å²) < 4.78 is 34.3. The molecule has 0 aromatic rings. The van der Waals surface area contributed by atoms with Crippen LogP contribution in [0.5, 0.6) is 0 Å². The zero-order valence-electron chi connectivity index (χ0n) is 42.0. The Hall–Kier alpha value is -2.29. The van der Waals surface area contributed by atoms with Crippen LogP contribution in [0.1, 0.15) is 219 Å². The molecule has 372 valence electrons. The normalized spacial score (nSPS) is 13.9. The first-order valence-electron chi connectivity index (χ1n) is 26.0. The Kier molecular flexibility index (Phi) is 44.2. The maximum atomic E-state index is 12.7. The van der Waals surface area contributed by atoms with Crippen molar-refractivity contribution in [3.05, 3.63) is 60.8 Å². The number of hydrogen-bond donors (Lipinski definition) is 1. The highest BCUT2D eigenvalue weighted by Crippen LogP contribution is 2.43. The second-order valence-corrected chi connectivity index (χ2v) is 20.0. The number of esters is 2. The van der Waals surface area contributed by atoms with E-state index in [0.717, 1.165) is 44.9 Å². The molecule has 0 bridgehead atoms. The van der Waals surface area contributed by atoms with Crippen LogP contribution in [-0.4, -0.2) is 74.9 Å². The standard InChI is InChI=1S/C54H98NO8P/c1-6-8-10-12-14-16-18-20-22-24-25-26-27-28-29-31-32-34-36-38-40-42-44-46-53(56)60-50-52(51-62-64(58,59)61-49-48-55(3,4)5)63-54(57)47-45-43-41-39-37-35-33-30-23-21-19-17-15-13-11-9-7-2/h21,23,31-33,35,38-41,52H,6-20,22,24-30,34,36-37,42-51H2,1-5H3/p+1/b23-21+,32-31+,35-33+,40-38+,41-39+/t52-/m0/s1. The van der Waals surface area contributed by atoms with E-state index in [1.807, 2.05) is 21.1 Å². The van der Waals surface area contributed by atoms with Gasteiger partial charge in [0.25, 0.3) is 0 Å². The number of ether oxygens (including phenoxy) is 2. The van der Waals surface area contributed by atoms with Crippen LogP contribution in [-0.2, 0) is 32.7 Å². The Morgan fingerprint density at radius 3 is 1.31 bits per heavy atom. The summed E-state index contributed by atoms with van der Waals surface area (Å²) in [6, 6.07) is 0. The van der Waals surface area contributed by atoms with Crippen molar-refractivity contribution >= 4 is 19.8 Å². The number of phosphoric ester groups is 1. The molecule has 0 fully saturated rings. The van der Waals surface area contributed by atoms with E-state index in [-0.39, 0.29) is 26.1 Å². The number of quaternary nitrogens is 1. The van der Waals surface area contributed by atoms with Crippen LogP contribution in [0.25, 0.3) is 0 Å². The highest BCUT2D eigenvalue weighted by molar-refractivity contribution is 7.47. The molecule has 0 aromatic heterocycles. The molecule has 0 aliphatic rings. The third kappa shape index (κ3) is 49.2. The number of likely N-dealkylation sites (N-methyl/N-ethyl adjacent to an activating group) is 1. The van der Waals surface area contributed by atoms with E-state index in [0.29, 0.717) is 30.3 Å². The Labute approximate surface area is 394 Å². The van der Waals surface area contributed by atoms with Gasteiger partial charge in [0.1, 0.15) is 19.8 Å². The van der Waals surface area contributed by atoms with Gasteiger partial charge in [-0.1, -0.05) is 190 Å². The fraction of sp³-hybridized carbons (Fsp3) is 0.778. The smallest absolute Gasteiger partial charge is 0.462 e. The van der Waals surface area contributed by atoms with Crippen molar-refractivity contribution in [1.29, 1.82) is 0 Å². The number of nitrogens with zero attached hydrogens (tertiary/aromatic N) is 1. The van der Waals surface area contributed by atoms with Crippen LogP contribution in [0, 0.1) is 0 Å². The van der Waals surface area contributed by atoms with Gasteiger partial charge in [-0.05, 0) is 77.0 Å². The van der Waals surface area contributed by atoms with Crippen LogP contribution in [0.3, 0.4) is 0 Å². The van der Waals surface area contributed by atoms with Crippen molar-refractivity contribution in [2.75, 3.05) is 47.5 Å². The lowest BCUT2D eigenvalue weighted by Gasteiger charge is -2.24. The highest BCUT2D eigenvalue weighted by atomic mass is 31.2. The summed E-state index contributed by atoms with van der Waals surface area (Å²) in [6.07, 6.45) is 57.3. The molecule has 64 heavy (non-hydrogen) atoms. The summed E-state index contributed by atoms with van der Waals surface area (Å²) >= 11 is 0. The molecule has 0 amide bonds. The second-order valence-electron chi connectivity index (χ2n) is 18.5. The SMILES string of the molecule is CCCCCCCC/C=C/C/C=C/C/C=C/CCCC(=O)O[C@@H](COC(=O)CCC/C=C/CC/C=C/CCCCCCCCCCCCCCCC)COP(=O)(O)OCC[N+](C)(C)C. The summed E-state index contributed by atoms with van der Waals surface area (Å²) in [5.41, 5.74) is 0. The minimum Gasteiger partial charge on any atom is -0.462 e. The number of allylic oxidation sites excluding steroid dienone is 10. The molecule has 0 aliphatic carbocycles. The summed E-state index contributed by atoms with van der Waals surface area (Å²) in [4.78, 5) is 35.5. The molecular formula is C54H99NO8P+. The van der Waals surface area contributed by atoms with Gasteiger partial charge < -0.3 is 18.9 Å². The van der Waals surface area contributed by atoms with Crippen molar-refractivity contribution in [2.24, 2.45) is 0 Å². The molecule has 0 spiro atoms. The molecule has 2 atom stereocenters. The quantitative estimate of drug-likeness (QED) is 0.0211. The Morgan fingerprint density at radius 1 is 0.484 bits per heavy atom. The Morgan fingerprint density at radius 2 is 0.859 bits per heavy atom. The van der Waals surface area contributed by atoms with Gasteiger partial charge >= 0.3 is 19.8 Å². The molecule has 0 aliphatic heterocycles. The average Bonchev–Trinajstić information content (AvgIpc) is 3.25. The van der Waals surface area contributed by atoms with Crippen molar-refractivity contribution < 1.29 is 42.1 Å². The van der Waals surface area contributed by atoms with Crippen molar-refractivity contribution in [2.45, 2.75) is 225 Å². The maximum absolute atomic E-state index is 12.7. The van der Waals surface area contributed by atoms with Gasteiger partial charge in [0.05, 0.1) is 27.7 Å². The largest absolute Gasteiger partial charge is 0.472 e. The van der Waals surface area contributed by atoms with E-state index < -0.39 is 32.5 Å². The number of hydrogen-bond acceptors (Lipinski definition) is 7. The number of carbonyl (C=O) groups is 2. The van der Waals surface area contributed by atoms with Gasteiger partial charge in [0.2, 0.25) is 0 Å². The molecule has 0 rings (SSSR count). The molecule has 9 nitrogen and oxygen atoms in total. The summed E-state index contributed by atoms with van der Waals surface area (Å²) in [6.45, 7) is 4.33. The van der Waals surface area contributed by atoms with Gasteiger partial charge in [-0.2, -0.15) is 0 Å². The van der Waals surface area contributed by atoms with Crippen molar-refractivity contribution in [3.8, 4) is 0 Å². The van der Waals surface area contributed by atoms with E-state index in [1.54, 1.807) is 0 Å².